The van der Waals surface area contributed by atoms with E-state index in [0.29, 0.717) is 24.3 Å². The number of nitrogens with zero attached hydrogens (tertiary/aromatic N) is 2. The van der Waals surface area contributed by atoms with Crippen molar-refractivity contribution in [1.29, 1.82) is 0 Å². The lowest BCUT2D eigenvalue weighted by Crippen LogP contribution is -2.32. The first kappa shape index (κ1) is 21.4. The Kier molecular flexibility index (Phi) is 6.61. The van der Waals surface area contributed by atoms with Gasteiger partial charge in [-0.1, -0.05) is 22.8 Å². The van der Waals surface area contributed by atoms with Crippen LogP contribution in [0.2, 0.25) is 0 Å². The molecule has 7 nitrogen and oxygen atoms in total. The first-order valence-electron chi connectivity index (χ1n) is 10.9. The summed E-state index contributed by atoms with van der Waals surface area (Å²) in [6.07, 6.45) is 4.59. The van der Waals surface area contributed by atoms with Crippen LogP contribution >= 0.6 is 0 Å². The number of aryl methyl sites for hydroxylation is 3. The highest BCUT2D eigenvalue weighted by Gasteiger charge is 2.28. The number of ether oxygens (including phenoxy) is 2. The lowest BCUT2D eigenvalue weighted by Gasteiger charge is -2.20. The highest BCUT2D eigenvalue weighted by atomic mass is 16.5. The minimum atomic E-state index is 0.403. The van der Waals surface area contributed by atoms with Crippen LogP contribution in [-0.2, 0) is 19.6 Å². The van der Waals surface area contributed by atoms with Crippen molar-refractivity contribution in [2.45, 2.75) is 65.6 Å². The van der Waals surface area contributed by atoms with Crippen molar-refractivity contribution < 1.29 is 18.5 Å². The number of hydrogen-bond acceptors (Lipinski definition) is 7. The van der Waals surface area contributed by atoms with E-state index in [2.05, 4.69) is 21.7 Å². The van der Waals surface area contributed by atoms with Crippen LogP contribution in [0.3, 0.4) is 0 Å². The zero-order valence-electron chi connectivity index (χ0n) is 18.7. The SMILES string of the molecule is COc1cc(CN[C@@H]2CCC[C@H]2Cc2cc(C)no2)ccc1OCc1c(C)noc1C. The molecular formula is C24H31N3O4. The van der Waals surface area contributed by atoms with Crippen molar-refractivity contribution in [1.82, 2.24) is 15.6 Å². The number of aromatic nitrogens is 2. The number of hydrogen-bond donors (Lipinski definition) is 1. The average molecular weight is 426 g/mol. The van der Waals surface area contributed by atoms with Gasteiger partial charge in [0.15, 0.2) is 11.5 Å². The molecule has 0 spiro atoms. The maximum atomic E-state index is 5.99. The number of methoxy groups -OCH3 is 1. The van der Waals surface area contributed by atoms with Crippen LogP contribution in [0.15, 0.2) is 33.3 Å². The molecule has 1 aliphatic rings. The molecule has 166 valence electrons. The Bertz CT molecular complexity index is 991. The Morgan fingerprint density at radius 3 is 2.65 bits per heavy atom. The Morgan fingerprint density at radius 2 is 1.94 bits per heavy atom. The average Bonchev–Trinajstić information content (AvgIpc) is 3.47. The molecule has 0 unspecified atom stereocenters. The molecule has 2 heterocycles. The van der Waals surface area contributed by atoms with Crippen molar-refractivity contribution in [3.63, 3.8) is 0 Å². The second kappa shape index (κ2) is 9.56. The second-order valence-electron chi connectivity index (χ2n) is 8.39. The predicted molar refractivity (Wildman–Crippen MR) is 116 cm³/mol. The maximum Gasteiger partial charge on any atom is 0.161 e. The quantitative estimate of drug-likeness (QED) is 0.533. The number of rotatable bonds is 9. The minimum absolute atomic E-state index is 0.403. The van der Waals surface area contributed by atoms with Gasteiger partial charge in [0, 0.05) is 25.1 Å². The molecule has 31 heavy (non-hydrogen) atoms. The number of benzene rings is 1. The van der Waals surface area contributed by atoms with E-state index in [1.807, 2.05) is 39.0 Å². The van der Waals surface area contributed by atoms with Crippen LogP contribution in [0.4, 0.5) is 0 Å². The summed E-state index contributed by atoms with van der Waals surface area (Å²) in [7, 11) is 1.67. The molecular weight excluding hydrogens is 394 g/mol. The van der Waals surface area contributed by atoms with Crippen molar-refractivity contribution in [2.24, 2.45) is 5.92 Å². The molecule has 0 aliphatic heterocycles. The first-order valence-corrected chi connectivity index (χ1v) is 10.9. The van der Waals surface area contributed by atoms with Gasteiger partial charge in [-0.2, -0.15) is 0 Å². The zero-order valence-corrected chi connectivity index (χ0v) is 18.7. The monoisotopic (exact) mass is 425 g/mol. The smallest absolute Gasteiger partial charge is 0.161 e. The van der Waals surface area contributed by atoms with Gasteiger partial charge in [0.1, 0.15) is 18.1 Å². The molecule has 2 atom stereocenters. The van der Waals surface area contributed by atoms with Crippen LogP contribution in [0.25, 0.3) is 0 Å². The summed E-state index contributed by atoms with van der Waals surface area (Å²) in [4.78, 5) is 0. The van der Waals surface area contributed by atoms with Gasteiger partial charge in [-0.25, -0.2) is 0 Å². The van der Waals surface area contributed by atoms with Crippen LogP contribution in [0.5, 0.6) is 11.5 Å². The summed E-state index contributed by atoms with van der Waals surface area (Å²) in [5, 5.41) is 11.7. The van der Waals surface area contributed by atoms with E-state index in [-0.39, 0.29) is 0 Å². The Morgan fingerprint density at radius 1 is 1.06 bits per heavy atom. The fraction of sp³-hybridized carbons (Fsp3) is 0.500. The summed E-state index contributed by atoms with van der Waals surface area (Å²) in [6.45, 7) is 6.97. The maximum absolute atomic E-state index is 5.99. The van der Waals surface area contributed by atoms with Gasteiger partial charge in [0.2, 0.25) is 0 Å². The standard InChI is InChI=1S/C24H31N3O4/c1-15-10-20(31-26-15)12-19-6-5-7-22(19)25-13-18-8-9-23(24(11-18)28-4)29-14-21-16(2)27-30-17(21)3/h8-11,19,22,25H,5-7,12-14H2,1-4H3/t19-,22+/m0/s1. The molecule has 0 bridgehead atoms. The van der Waals surface area contributed by atoms with Gasteiger partial charge in [0.25, 0.3) is 0 Å². The van der Waals surface area contributed by atoms with Crippen molar-refractivity contribution in [3.05, 3.63) is 58.3 Å². The normalized spacial score (nSPS) is 18.5. The second-order valence-corrected chi connectivity index (χ2v) is 8.39. The largest absolute Gasteiger partial charge is 0.493 e. The third kappa shape index (κ3) is 5.10. The van der Waals surface area contributed by atoms with E-state index in [0.717, 1.165) is 47.2 Å². The molecule has 4 rings (SSSR count). The highest BCUT2D eigenvalue weighted by molar-refractivity contribution is 5.43. The van der Waals surface area contributed by atoms with Gasteiger partial charge in [-0.3, -0.25) is 0 Å². The van der Waals surface area contributed by atoms with E-state index in [4.69, 9.17) is 18.5 Å². The summed E-state index contributed by atoms with van der Waals surface area (Å²) >= 11 is 0. The van der Waals surface area contributed by atoms with Crippen LogP contribution in [0.1, 0.15) is 53.3 Å². The van der Waals surface area contributed by atoms with Gasteiger partial charge in [0.05, 0.1) is 24.1 Å². The number of nitrogens with one attached hydrogen (secondary N) is 1. The zero-order chi connectivity index (χ0) is 21.8. The lowest BCUT2D eigenvalue weighted by molar-refractivity contribution is 0.281. The molecule has 3 aromatic rings. The molecule has 0 radical (unpaired) electrons. The summed E-state index contributed by atoms with van der Waals surface area (Å²) in [6, 6.07) is 8.62. The molecule has 0 saturated heterocycles. The summed E-state index contributed by atoms with van der Waals surface area (Å²) < 4.78 is 22.2. The third-order valence-electron chi connectivity index (χ3n) is 6.15. The lowest BCUT2D eigenvalue weighted by atomic mass is 9.97. The molecule has 7 heteroatoms. The van der Waals surface area contributed by atoms with Crippen molar-refractivity contribution in [3.8, 4) is 11.5 Å². The first-order chi connectivity index (χ1) is 15.0. The van der Waals surface area contributed by atoms with E-state index >= 15 is 0 Å². The van der Waals surface area contributed by atoms with Gasteiger partial charge < -0.3 is 23.8 Å². The Balaban J connectivity index is 1.35. The predicted octanol–water partition coefficient (Wildman–Crippen LogP) is 4.68. The topological polar surface area (TPSA) is 82.5 Å². The summed E-state index contributed by atoms with van der Waals surface area (Å²) in [5.74, 6) is 3.78. The Labute approximate surface area is 183 Å². The van der Waals surface area contributed by atoms with Crippen LogP contribution in [0, 0.1) is 26.7 Å². The molecule has 1 saturated carbocycles. The fourth-order valence-electron chi connectivity index (χ4n) is 4.37. The van der Waals surface area contributed by atoms with Crippen molar-refractivity contribution in [2.75, 3.05) is 7.11 Å². The Hall–Kier alpha value is -2.80. The molecule has 1 fully saturated rings. The van der Waals surface area contributed by atoms with Gasteiger partial charge in [-0.15, -0.1) is 0 Å². The van der Waals surface area contributed by atoms with E-state index in [1.165, 1.54) is 24.8 Å². The van der Waals surface area contributed by atoms with Crippen molar-refractivity contribution >= 4 is 0 Å². The molecule has 1 aromatic carbocycles. The molecule has 0 amide bonds. The highest BCUT2D eigenvalue weighted by Crippen LogP contribution is 2.31. The van der Waals surface area contributed by atoms with E-state index in [1.54, 1.807) is 7.11 Å². The molecule has 1 N–H and O–H groups in total. The fourth-order valence-corrected chi connectivity index (χ4v) is 4.37. The van der Waals surface area contributed by atoms with Crippen LogP contribution in [-0.4, -0.2) is 23.5 Å². The minimum Gasteiger partial charge on any atom is -0.493 e. The molecule has 1 aliphatic carbocycles. The third-order valence-corrected chi connectivity index (χ3v) is 6.15. The summed E-state index contributed by atoms with van der Waals surface area (Å²) in [5.41, 5.74) is 3.94. The van der Waals surface area contributed by atoms with Gasteiger partial charge >= 0.3 is 0 Å². The van der Waals surface area contributed by atoms with Gasteiger partial charge in [-0.05, 0) is 57.2 Å². The molecule has 2 aromatic heterocycles. The van der Waals surface area contributed by atoms with E-state index in [9.17, 15) is 0 Å². The van der Waals surface area contributed by atoms with E-state index < -0.39 is 0 Å². The van der Waals surface area contributed by atoms with Crippen LogP contribution < -0.4 is 14.8 Å².